The lowest BCUT2D eigenvalue weighted by Gasteiger charge is -2.20. The Morgan fingerprint density at radius 1 is 1.19 bits per heavy atom. The Bertz CT molecular complexity index is 179. The average Bonchev–Trinajstić information content (AvgIpc) is 2.28. The number of likely N-dealkylation sites (N-methyl/N-ethyl adjacent to an activating group) is 1. The maximum Gasteiger partial charge on any atom is 0.168 e. The van der Waals surface area contributed by atoms with Crippen LogP contribution in [0.3, 0.4) is 0 Å². The molecule has 5 heteroatoms. The van der Waals surface area contributed by atoms with Crippen molar-refractivity contribution in [2.45, 2.75) is 20.3 Å². The highest BCUT2D eigenvalue weighted by molar-refractivity contribution is 7.80. The van der Waals surface area contributed by atoms with E-state index in [0.29, 0.717) is 6.61 Å². The zero-order valence-corrected chi connectivity index (χ0v) is 11.4. The van der Waals surface area contributed by atoms with E-state index in [1.807, 2.05) is 25.8 Å². The second-order valence-corrected chi connectivity index (χ2v) is 3.79. The number of nitrogens with zero attached hydrogens (tertiary/aromatic N) is 1. The van der Waals surface area contributed by atoms with E-state index in [1.165, 1.54) is 0 Å². The molecule has 0 unspecified atom stereocenters. The predicted octanol–water partition coefficient (Wildman–Crippen LogP) is 1.26. The van der Waals surface area contributed by atoms with Crippen LogP contribution in [0.2, 0.25) is 0 Å². The van der Waals surface area contributed by atoms with Crippen LogP contribution in [0.5, 0.6) is 0 Å². The predicted molar refractivity (Wildman–Crippen MR) is 70.8 cm³/mol. The smallest absolute Gasteiger partial charge is 0.168 e. The maximum atomic E-state index is 5.26. The summed E-state index contributed by atoms with van der Waals surface area (Å²) in [7, 11) is 1.97. The number of rotatable bonds is 9. The van der Waals surface area contributed by atoms with Gasteiger partial charge in [0.15, 0.2) is 5.11 Å². The molecule has 0 aliphatic heterocycles. The van der Waals surface area contributed by atoms with Crippen LogP contribution >= 0.6 is 12.2 Å². The Morgan fingerprint density at radius 3 is 2.44 bits per heavy atom. The van der Waals surface area contributed by atoms with Crippen molar-refractivity contribution in [2.75, 3.05) is 46.6 Å². The summed E-state index contributed by atoms with van der Waals surface area (Å²) in [6.07, 6.45) is 0.979. The van der Waals surface area contributed by atoms with Gasteiger partial charge in [-0.2, -0.15) is 0 Å². The topological polar surface area (TPSA) is 33.7 Å². The molecule has 0 spiro atoms. The van der Waals surface area contributed by atoms with Crippen LogP contribution < -0.4 is 5.32 Å². The molecule has 96 valence electrons. The van der Waals surface area contributed by atoms with E-state index in [4.69, 9.17) is 21.7 Å². The highest BCUT2D eigenvalue weighted by Crippen LogP contribution is 1.87. The molecule has 0 saturated carbocycles. The molecule has 0 heterocycles. The van der Waals surface area contributed by atoms with E-state index in [-0.39, 0.29) is 0 Å². The molecule has 16 heavy (non-hydrogen) atoms. The van der Waals surface area contributed by atoms with Crippen molar-refractivity contribution in [3.63, 3.8) is 0 Å². The van der Waals surface area contributed by atoms with Gasteiger partial charge in [0.25, 0.3) is 0 Å². The molecule has 0 radical (unpaired) electrons. The van der Waals surface area contributed by atoms with Crippen LogP contribution in [0, 0.1) is 0 Å². The molecule has 0 aromatic carbocycles. The van der Waals surface area contributed by atoms with Gasteiger partial charge in [-0.05, 0) is 32.5 Å². The lowest BCUT2D eigenvalue weighted by Crippen LogP contribution is -2.39. The third-order valence-corrected chi connectivity index (χ3v) is 2.52. The van der Waals surface area contributed by atoms with Gasteiger partial charge in [-0.1, -0.05) is 0 Å². The van der Waals surface area contributed by atoms with Crippen LogP contribution in [0.25, 0.3) is 0 Å². The summed E-state index contributed by atoms with van der Waals surface area (Å²) >= 11 is 5.22. The zero-order valence-electron chi connectivity index (χ0n) is 10.6. The van der Waals surface area contributed by atoms with Gasteiger partial charge in [-0.25, -0.2) is 0 Å². The van der Waals surface area contributed by atoms with Crippen molar-refractivity contribution < 1.29 is 9.47 Å². The van der Waals surface area contributed by atoms with Gasteiger partial charge in [0.2, 0.25) is 0 Å². The van der Waals surface area contributed by atoms with Crippen LogP contribution in [0.4, 0.5) is 0 Å². The highest BCUT2D eigenvalue weighted by Gasteiger charge is 2.02. The summed E-state index contributed by atoms with van der Waals surface area (Å²) in [5, 5.41) is 3.96. The molecule has 0 rings (SSSR count). The van der Waals surface area contributed by atoms with Gasteiger partial charge in [-0.15, -0.1) is 0 Å². The quantitative estimate of drug-likeness (QED) is 0.491. The van der Waals surface area contributed by atoms with Gasteiger partial charge in [0.05, 0.1) is 6.61 Å². The number of hydrogen-bond donors (Lipinski definition) is 1. The fourth-order valence-electron chi connectivity index (χ4n) is 1.10. The molecule has 1 N–H and O–H groups in total. The Labute approximate surface area is 104 Å². The van der Waals surface area contributed by atoms with Crippen LogP contribution in [0.1, 0.15) is 20.3 Å². The first-order valence-corrected chi connectivity index (χ1v) is 6.27. The lowest BCUT2D eigenvalue weighted by atomic mass is 10.4. The molecule has 0 amide bonds. The normalized spacial score (nSPS) is 10.2. The van der Waals surface area contributed by atoms with Crippen LogP contribution in [0.15, 0.2) is 0 Å². The van der Waals surface area contributed by atoms with Gasteiger partial charge < -0.3 is 19.7 Å². The van der Waals surface area contributed by atoms with Crippen molar-refractivity contribution in [2.24, 2.45) is 0 Å². The van der Waals surface area contributed by atoms with E-state index in [1.54, 1.807) is 0 Å². The van der Waals surface area contributed by atoms with Crippen molar-refractivity contribution in [3.8, 4) is 0 Å². The summed E-state index contributed by atoms with van der Waals surface area (Å²) in [6, 6.07) is 0. The first-order valence-electron chi connectivity index (χ1n) is 5.86. The second kappa shape index (κ2) is 11.1. The van der Waals surface area contributed by atoms with Gasteiger partial charge in [0, 0.05) is 40.0 Å². The van der Waals surface area contributed by atoms with Gasteiger partial charge >= 0.3 is 0 Å². The highest BCUT2D eigenvalue weighted by atomic mass is 32.1. The molecule has 0 aliphatic rings. The number of nitrogens with one attached hydrogen (secondary N) is 1. The molecule has 0 bridgehead atoms. The minimum atomic E-state index is 0.716. The monoisotopic (exact) mass is 248 g/mol. The molecule has 0 aliphatic carbocycles. The van der Waals surface area contributed by atoms with E-state index < -0.39 is 0 Å². The SMILES string of the molecule is CCOCCCNC(=S)N(C)CCOCC. The molecule has 0 fully saturated rings. The van der Waals surface area contributed by atoms with Crippen molar-refractivity contribution in [1.29, 1.82) is 0 Å². The van der Waals surface area contributed by atoms with Crippen molar-refractivity contribution >= 4 is 17.3 Å². The van der Waals surface area contributed by atoms with Gasteiger partial charge in [0.1, 0.15) is 0 Å². The molecule has 0 saturated heterocycles. The molecule has 0 aromatic heterocycles. The standard InChI is InChI=1S/C11H24N2O2S/c1-4-14-9-6-7-12-11(16)13(3)8-10-15-5-2/h4-10H2,1-3H3,(H,12,16). The summed E-state index contributed by atoms with van der Waals surface area (Å²) in [5.41, 5.74) is 0. The third kappa shape index (κ3) is 8.88. The summed E-state index contributed by atoms with van der Waals surface area (Å²) in [6.45, 7) is 8.70. The Hall–Kier alpha value is -0.390. The number of thiocarbonyl (C=S) groups is 1. The fourth-order valence-corrected chi connectivity index (χ4v) is 1.29. The molecule has 0 atom stereocenters. The molecule has 4 nitrogen and oxygen atoms in total. The Morgan fingerprint density at radius 2 is 1.81 bits per heavy atom. The molecular weight excluding hydrogens is 224 g/mol. The Kier molecular flexibility index (Phi) is 10.8. The summed E-state index contributed by atoms with van der Waals surface area (Å²) in [4.78, 5) is 1.99. The first-order chi connectivity index (χ1) is 7.72. The maximum absolute atomic E-state index is 5.26. The fraction of sp³-hybridized carbons (Fsp3) is 0.909. The van der Waals surface area contributed by atoms with E-state index in [2.05, 4.69) is 5.32 Å². The first kappa shape index (κ1) is 15.6. The number of hydrogen-bond acceptors (Lipinski definition) is 3. The van der Waals surface area contributed by atoms with Crippen molar-refractivity contribution in [3.05, 3.63) is 0 Å². The lowest BCUT2D eigenvalue weighted by molar-refractivity contribution is 0.136. The average molecular weight is 248 g/mol. The van der Waals surface area contributed by atoms with E-state index in [9.17, 15) is 0 Å². The third-order valence-electron chi connectivity index (χ3n) is 2.07. The van der Waals surface area contributed by atoms with Crippen molar-refractivity contribution in [1.82, 2.24) is 10.2 Å². The molecular formula is C11H24N2O2S. The minimum Gasteiger partial charge on any atom is -0.382 e. The van der Waals surface area contributed by atoms with Crippen LogP contribution in [-0.4, -0.2) is 56.6 Å². The minimum absolute atomic E-state index is 0.716. The molecule has 0 aromatic rings. The van der Waals surface area contributed by atoms with E-state index >= 15 is 0 Å². The van der Waals surface area contributed by atoms with E-state index in [0.717, 1.165) is 44.4 Å². The zero-order chi connectivity index (χ0) is 12.2. The van der Waals surface area contributed by atoms with Gasteiger partial charge in [-0.3, -0.25) is 0 Å². The Balaban J connectivity index is 3.40. The van der Waals surface area contributed by atoms with Crippen LogP contribution in [-0.2, 0) is 9.47 Å². The largest absolute Gasteiger partial charge is 0.382 e. The number of ether oxygens (including phenoxy) is 2. The summed E-state index contributed by atoms with van der Waals surface area (Å²) < 4.78 is 10.5. The second-order valence-electron chi connectivity index (χ2n) is 3.40. The summed E-state index contributed by atoms with van der Waals surface area (Å²) in [5.74, 6) is 0.